The van der Waals surface area contributed by atoms with Gasteiger partial charge in [-0.05, 0) is 44.4 Å². The van der Waals surface area contributed by atoms with E-state index in [1.54, 1.807) is 13.0 Å². The minimum atomic E-state index is -1.36. The third kappa shape index (κ3) is 5.15. The number of rotatable bonds is 7. The molecule has 1 atom stereocenters. The van der Waals surface area contributed by atoms with E-state index in [1.807, 2.05) is 0 Å². The first-order chi connectivity index (χ1) is 16.9. The molecule has 5 fully saturated rings. The van der Waals surface area contributed by atoms with Crippen LogP contribution in [0.15, 0.2) is 10.6 Å². The van der Waals surface area contributed by atoms with Crippen molar-refractivity contribution in [2.45, 2.75) is 95.7 Å². The number of nitrogens with zero attached hydrogens (tertiary/aromatic N) is 2. The van der Waals surface area contributed by atoms with Crippen molar-refractivity contribution in [1.82, 2.24) is 5.16 Å². The molecule has 35 heavy (non-hydrogen) atoms. The fourth-order valence-corrected chi connectivity index (χ4v) is 7.47. The Bertz CT molecular complexity index is 876. The predicted molar refractivity (Wildman–Crippen MR) is 130 cm³/mol. The van der Waals surface area contributed by atoms with Gasteiger partial charge in [-0.15, -0.1) is 0 Å². The molecule has 1 amide bonds. The van der Waals surface area contributed by atoms with Gasteiger partial charge in [-0.3, -0.25) is 4.79 Å². The third-order valence-electron chi connectivity index (χ3n) is 9.46. The van der Waals surface area contributed by atoms with Crippen LogP contribution in [-0.4, -0.2) is 64.5 Å². The van der Waals surface area contributed by atoms with Gasteiger partial charge >= 0.3 is 5.97 Å². The Hall–Kier alpha value is -1.93. The zero-order valence-electron chi connectivity index (χ0n) is 21.2. The van der Waals surface area contributed by atoms with Crippen molar-refractivity contribution >= 4 is 17.7 Å². The molecule has 0 unspecified atom stereocenters. The molecular weight excluding hydrogens is 446 g/mol. The molecule has 2 N–H and O–H groups in total. The first-order valence-electron chi connectivity index (χ1n) is 13.9. The zero-order chi connectivity index (χ0) is 24.5. The van der Waals surface area contributed by atoms with E-state index in [4.69, 9.17) is 9.26 Å². The highest BCUT2D eigenvalue weighted by Gasteiger charge is 2.54. The second-order valence-electron chi connectivity index (χ2n) is 11.8. The number of amides is 1. The quantitative estimate of drug-likeness (QED) is 0.445. The van der Waals surface area contributed by atoms with Gasteiger partial charge in [0.1, 0.15) is 12.3 Å². The number of hydrogen-bond acceptors (Lipinski definition) is 6. The van der Waals surface area contributed by atoms with Crippen LogP contribution in [0.2, 0.25) is 0 Å². The molecule has 0 aromatic carbocycles. The van der Waals surface area contributed by atoms with Crippen molar-refractivity contribution < 1.29 is 28.4 Å². The number of anilines is 1. The number of quaternary nitrogens is 1. The van der Waals surface area contributed by atoms with Gasteiger partial charge in [0.25, 0.3) is 5.91 Å². The van der Waals surface area contributed by atoms with Crippen LogP contribution in [0.3, 0.4) is 0 Å². The summed E-state index contributed by atoms with van der Waals surface area (Å²) in [5.74, 6) is 0.954. The summed E-state index contributed by atoms with van der Waals surface area (Å²) in [4.78, 5) is 26.6. The zero-order valence-corrected chi connectivity index (χ0v) is 21.2. The Morgan fingerprint density at radius 2 is 1.66 bits per heavy atom. The molecule has 1 aromatic heterocycles. The minimum absolute atomic E-state index is 0.00720. The van der Waals surface area contributed by atoms with Gasteiger partial charge in [0.05, 0.1) is 13.1 Å². The number of ether oxygens (including phenoxy) is 1. The summed E-state index contributed by atoms with van der Waals surface area (Å²) in [6, 6.07) is 1.71. The largest absolute Gasteiger partial charge is 0.454 e. The molecule has 3 aliphatic heterocycles. The summed E-state index contributed by atoms with van der Waals surface area (Å²) in [5.41, 5.74) is -1.36. The Kier molecular flexibility index (Phi) is 7.22. The molecule has 4 heterocycles. The average Bonchev–Trinajstić information content (AvgIpc) is 3.29. The third-order valence-corrected chi connectivity index (χ3v) is 9.46. The van der Waals surface area contributed by atoms with Crippen molar-refractivity contribution in [3.63, 3.8) is 0 Å². The number of fused-ring (bicyclic) bond motifs is 3. The maximum absolute atomic E-state index is 13.8. The number of hydrogen-bond donors (Lipinski definition) is 2. The van der Waals surface area contributed by atoms with Gasteiger partial charge in [0.2, 0.25) is 0 Å². The molecule has 8 nitrogen and oxygen atoms in total. The van der Waals surface area contributed by atoms with E-state index < -0.39 is 5.60 Å². The van der Waals surface area contributed by atoms with Crippen molar-refractivity contribution in [3.8, 4) is 0 Å². The highest BCUT2D eigenvalue weighted by molar-refractivity contribution is 5.90. The number of aliphatic hydroxyl groups is 1. The molecule has 2 bridgehead atoms. The lowest BCUT2D eigenvalue weighted by Gasteiger charge is -2.52. The summed E-state index contributed by atoms with van der Waals surface area (Å²) in [7, 11) is 0. The molecule has 2 aliphatic carbocycles. The smallest absolute Gasteiger partial charge is 0.339 e. The van der Waals surface area contributed by atoms with Crippen LogP contribution in [0.1, 0.15) is 82.8 Å². The second-order valence-corrected chi connectivity index (χ2v) is 11.8. The average molecular weight is 489 g/mol. The van der Waals surface area contributed by atoms with E-state index in [0.29, 0.717) is 35.1 Å². The molecule has 8 heteroatoms. The van der Waals surface area contributed by atoms with Crippen LogP contribution in [0.25, 0.3) is 0 Å². The molecule has 1 aromatic rings. The Labute approximate surface area is 208 Å². The van der Waals surface area contributed by atoms with Crippen LogP contribution in [0.5, 0.6) is 0 Å². The highest BCUT2D eigenvalue weighted by atomic mass is 16.6. The Balaban J connectivity index is 1.27. The van der Waals surface area contributed by atoms with Gasteiger partial charge in [0, 0.05) is 24.8 Å². The number of carbonyl (C=O) groups is 2. The number of aromatic nitrogens is 1. The molecule has 2 saturated carbocycles. The Morgan fingerprint density at radius 1 is 1.06 bits per heavy atom. The van der Waals surface area contributed by atoms with Crippen LogP contribution in [0, 0.1) is 24.7 Å². The van der Waals surface area contributed by atoms with Crippen molar-refractivity contribution in [2.24, 2.45) is 17.8 Å². The van der Waals surface area contributed by atoms with Crippen LogP contribution in [0.4, 0.5) is 5.82 Å². The lowest BCUT2D eigenvalue weighted by molar-refractivity contribution is -0.939. The highest BCUT2D eigenvalue weighted by Crippen LogP contribution is 2.45. The first kappa shape index (κ1) is 24.8. The second kappa shape index (κ2) is 10.2. The van der Waals surface area contributed by atoms with Crippen LogP contribution < -0.4 is 5.32 Å². The van der Waals surface area contributed by atoms with Crippen molar-refractivity contribution in [1.29, 1.82) is 0 Å². The first-order valence-corrected chi connectivity index (χ1v) is 13.9. The summed E-state index contributed by atoms with van der Waals surface area (Å²) < 4.78 is 11.9. The normalized spacial score (nSPS) is 30.2. The molecule has 194 valence electrons. The van der Waals surface area contributed by atoms with E-state index in [9.17, 15) is 14.7 Å². The molecule has 0 radical (unpaired) electrons. The molecule has 5 aliphatic rings. The minimum Gasteiger partial charge on any atom is -0.454 e. The molecule has 3 saturated heterocycles. The fraction of sp³-hybridized carbons (Fsp3) is 0.815. The summed E-state index contributed by atoms with van der Waals surface area (Å²) in [5, 5.41) is 18.8. The van der Waals surface area contributed by atoms with Gasteiger partial charge in [-0.25, -0.2) is 4.79 Å². The maximum atomic E-state index is 13.8. The number of piperidine rings is 3. The standard InChI is InChI=1S/C27H41N3O5/c1-19-16-24(29-35-19)28-25(31)18-30-14-12-20(13-15-30)23(17-30)34-26(32)27(33,21-8-4-2-5-9-21)22-10-6-3-7-11-22/h16,20-23,33H,2-15,17-18H2,1H3/p+1/t20?,23-,30?/m0/s1. The lowest BCUT2D eigenvalue weighted by atomic mass is 9.66. The number of aryl methyl sites for hydroxylation is 1. The van der Waals surface area contributed by atoms with Gasteiger partial charge in [-0.2, -0.15) is 0 Å². The number of carbonyl (C=O) groups excluding carboxylic acids is 2. The van der Waals surface area contributed by atoms with E-state index >= 15 is 0 Å². The van der Waals surface area contributed by atoms with Crippen molar-refractivity contribution in [3.05, 3.63) is 11.8 Å². The van der Waals surface area contributed by atoms with Gasteiger partial charge < -0.3 is 24.2 Å². The summed E-state index contributed by atoms with van der Waals surface area (Å²) >= 11 is 0. The van der Waals surface area contributed by atoms with Crippen LogP contribution >= 0.6 is 0 Å². The lowest BCUT2D eigenvalue weighted by Crippen LogP contribution is -2.67. The van der Waals surface area contributed by atoms with Gasteiger partial charge in [0.15, 0.2) is 24.1 Å². The molecule has 0 spiro atoms. The van der Waals surface area contributed by atoms with E-state index in [2.05, 4.69) is 10.5 Å². The summed E-state index contributed by atoms with van der Waals surface area (Å²) in [6.07, 6.45) is 12.0. The van der Waals surface area contributed by atoms with Crippen molar-refractivity contribution in [2.75, 3.05) is 31.5 Å². The number of nitrogens with one attached hydrogen (secondary N) is 1. The Morgan fingerprint density at radius 3 is 2.20 bits per heavy atom. The SMILES string of the molecule is Cc1cc(NC(=O)C[N+]23CCC(CC2)[C@@H](OC(=O)C(O)(C2CCCCC2)C2CCCCC2)C3)no1. The van der Waals surface area contributed by atoms with E-state index in [1.165, 1.54) is 12.8 Å². The molecule has 6 rings (SSSR count). The predicted octanol–water partition coefficient (Wildman–Crippen LogP) is 3.97. The maximum Gasteiger partial charge on any atom is 0.339 e. The van der Waals surface area contributed by atoms with Crippen LogP contribution in [-0.2, 0) is 14.3 Å². The summed E-state index contributed by atoms with van der Waals surface area (Å²) in [6.45, 7) is 4.61. The van der Waals surface area contributed by atoms with E-state index in [-0.39, 0.29) is 29.8 Å². The topological polar surface area (TPSA) is 102 Å². The molecular formula is C27H42N3O5+. The number of esters is 1. The van der Waals surface area contributed by atoms with Gasteiger partial charge in [-0.1, -0.05) is 43.7 Å². The van der Waals surface area contributed by atoms with E-state index in [0.717, 1.165) is 77.3 Å². The fourth-order valence-electron chi connectivity index (χ4n) is 7.47. The monoisotopic (exact) mass is 488 g/mol.